The van der Waals surface area contributed by atoms with Crippen LogP contribution < -0.4 is 4.74 Å². The summed E-state index contributed by atoms with van der Waals surface area (Å²) >= 11 is 9.38. The van der Waals surface area contributed by atoms with Gasteiger partial charge in [0.15, 0.2) is 0 Å². The summed E-state index contributed by atoms with van der Waals surface area (Å²) in [6.45, 7) is 4.53. The molecule has 1 rings (SSSR count). The number of halogens is 2. The molecule has 0 saturated carbocycles. The van der Waals surface area contributed by atoms with E-state index in [-0.39, 0.29) is 0 Å². The maximum atomic E-state index is 5.93. The van der Waals surface area contributed by atoms with E-state index in [1.165, 1.54) is 0 Å². The van der Waals surface area contributed by atoms with Crippen LogP contribution in [-0.2, 0) is 15.4 Å². The van der Waals surface area contributed by atoms with Gasteiger partial charge in [-0.25, -0.2) is 0 Å². The molecule has 0 aliphatic heterocycles. The molecule has 0 N–H and O–H groups in total. The molecule has 1 aromatic rings. The quantitative estimate of drug-likeness (QED) is 0.498. The SMILES string of the molecule is COCCCOCCOc1c(C)cc(Br)cc1CCl. The van der Waals surface area contributed by atoms with Crippen molar-refractivity contribution in [3.63, 3.8) is 0 Å². The van der Waals surface area contributed by atoms with Gasteiger partial charge < -0.3 is 14.2 Å². The summed E-state index contributed by atoms with van der Waals surface area (Å²) in [5.74, 6) is 1.29. The Morgan fingerprint density at radius 3 is 2.63 bits per heavy atom. The van der Waals surface area contributed by atoms with Gasteiger partial charge in [0, 0.05) is 30.4 Å². The van der Waals surface area contributed by atoms with Crippen molar-refractivity contribution in [1.29, 1.82) is 0 Å². The van der Waals surface area contributed by atoms with Crippen molar-refractivity contribution in [2.45, 2.75) is 19.2 Å². The van der Waals surface area contributed by atoms with Gasteiger partial charge in [-0.1, -0.05) is 15.9 Å². The molecule has 0 amide bonds. The van der Waals surface area contributed by atoms with Crippen LogP contribution in [0.3, 0.4) is 0 Å². The first-order valence-corrected chi connectivity index (χ1v) is 7.56. The summed E-state index contributed by atoms with van der Waals surface area (Å²) in [5.41, 5.74) is 2.07. The minimum atomic E-state index is 0.435. The Balaban J connectivity index is 2.36. The predicted octanol–water partition coefficient (Wildman–Crippen LogP) is 3.93. The number of rotatable bonds is 9. The molecule has 3 nitrogen and oxygen atoms in total. The lowest BCUT2D eigenvalue weighted by atomic mass is 10.1. The van der Waals surface area contributed by atoms with E-state index in [0.717, 1.165) is 34.4 Å². The van der Waals surface area contributed by atoms with Crippen LogP contribution in [0.1, 0.15) is 17.5 Å². The lowest BCUT2D eigenvalue weighted by Crippen LogP contribution is -2.10. The number of hydrogen-bond donors (Lipinski definition) is 0. The fourth-order valence-corrected chi connectivity index (χ4v) is 2.53. The number of ether oxygens (including phenoxy) is 3. The third kappa shape index (κ3) is 6.13. The van der Waals surface area contributed by atoms with Gasteiger partial charge in [-0.2, -0.15) is 0 Å². The highest BCUT2D eigenvalue weighted by Gasteiger charge is 2.08. The van der Waals surface area contributed by atoms with Gasteiger partial charge in [0.2, 0.25) is 0 Å². The lowest BCUT2D eigenvalue weighted by Gasteiger charge is -2.13. The van der Waals surface area contributed by atoms with Crippen molar-refractivity contribution in [2.24, 2.45) is 0 Å². The minimum Gasteiger partial charge on any atom is -0.491 e. The number of benzene rings is 1. The van der Waals surface area contributed by atoms with Crippen LogP contribution >= 0.6 is 27.5 Å². The average molecular weight is 352 g/mol. The zero-order chi connectivity index (χ0) is 14.1. The molecule has 0 aliphatic carbocycles. The van der Waals surface area contributed by atoms with Gasteiger partial charge in [-0.15, -0.1) is 11.6 Å². The fourth-order valence-electron chi connectivity index (χ4n) is 1.72. The highest BCUT2D eigenvalue weighted by Crippen LogP contribution is 2.29. The van der Waals surface area contributed by atoms with Crippen LogP contribution in [0.2, 0.25) is 0 Å². The Hall–Kier alpha value is -0.290. The Kier molecular flexibility index (Phi) is 8.46. The number of aryl methyl sites for hydroxylation is 1. The van der Waals surface area contributed by atoms with Crippen LogP contribution in [0.25, 0.3) is 0 Å². The monoisotopic (exact) mass is 350 g/mol. The standard InChI is InChI=1S/C14H20BrClO3/c1-11-8-13(15)9-12(10-16)14(11)19-7-6-18-5-3-4-17-2/h8-9H,3-7,10H2,1-2H3. The van der Waals surface area contributed by atoms with E-state index in [0.29, 0.717) is 25.7 Å². The predicted molar refractivity (Wildman–Crippen MR) is 81.2 cm³/mol. The average Bonchev–Trinajstić information content (AvgIpc) is 2.39. The molecule has 0 bridgehead atoms. The molecule has 0 saturated heterocycles. The molecular weight excluding hydrogens is 332 g/mol. The molecule has 0 spiro atoms. The number of hydrogen-bond acceptors (Lipinski definition) is 3. The molecule has 5 heteroatoms. The van der Waals surface area contributed by atoms with Crippen molar-refractivity contribution in [3.8, 4) is 5.75 Å². The Bertz CT molecular complexity index is 385. The van der Waals surface area contributed by atoms with Crippen LogP contribution in [0.4, 0.5) is 0 Å². The maximum Gasteiger partial charge on any atom is 0.126 e. The highest BCUT2D eigenvalue weighted by molar-refractivity contribution is 9.10. The Morgan fingerprint density at radius 1 is 1.16 bits per heavy atom. The van der Waals surface area contributed by atoms with Crippen LogP contribution in [-0.4, -0.2) is 33.5 Å². The molecule has 1 aromatic carbocycles. The molecular formula is C14H20BrClO3. The van der Waals surface area contributed by atoms with Gasteiger partial charge >= 0.3 is 0 Å². The first-order chi connectivity index (χ1) is 9.19. The van der Waals surface area contributed by atoms with Gasteiger partial charge in [0.25, 0.3) is 0 Å². The second-order valence-corrected chi connectivity index (χ2v) is 5.33. The molecule has 0 heterocycles. The van der Waals surface area contributed by atoms with E-state index < -0.39 is 0 Å². The third-order valence-electron chi connectivity index (χ3n) is 2.57. The topological polar surface area (TPSA) is 27.7 Å². The maximum absolute atomic E-state index is 5.93. The molecule has 0 aliphatic rings. The van der Waals surface area contributed by atoms with Gasteiger partial charge in [-0.05, 0) is 31.0 Å². The Morgan fingerprint density at radius 2 is 1.95 bits per heavy atom. The van der Waals surface area contributed by atoms with Crippen molar-refractivity contribution >= 4 is 27.5 Å². The normalized spacial score (nSPS) is 10.7. The van der Waals surface area contributed by atoms with Crippen LogP contribution in [0.5, 0.6) is 5.75 Å². The van der Waals surface area contributed by atoms with E-state index in [9.17, 15) is 0 Å². The van der Waals surface area contributed by atoms with Crippen LogP contribution in [0.15, 0.2) is 16.6 Å². The Labute approximate surface area is 128 Å². The van der Waals surface area contributed by atoms with Gasteiger partial charge in [-0.3, -0.25) is 0 Å². The fraction of sp³-hybridized carbons (Fsp3) is 0.571. The lowest BCUT2D eigenvalue weighted by molar-refractivity contribution is 0.0803. The second-order valence-electron chi connectivity index (χ2n) is 4.15. The molecule has 0 unspecified atom stereocenters. The molecule has 0 fully saturated rings. The molecule has 0 atom stereocenters. The minimum absolute atomic E-state index is 0.435. The zero-order valence-electron chi connectivity index (χ0n) is 11.4. The van der Waals surface area contributed by atoms with Gasteiger partial charge in [0.05, 0.1) is 12.5 Å². The molecule has 0 radical (unpaired) electrons. The van der Waals surface area contributed by atoms with E-state index in [2.05, 4.69) is 15.9 Å². The van der Waals surface area contributed by atoms with E-state index in [4.69, 9.17) is 25.8 Å². The summed E-state index contributed by atoms with van der Waals surface area (Å²) in [6.07, 6.45) is 0.904. The van der Waals surface area contributed by atoms with Crippen molar-refractivity contribution < 1.29 is 14.2 Å². The van der Waals surface area contributed by atoms with E-state index >= 15 is 0 Å². The van der Waals surface area contributed by atoms with Crippen molar-refractivity contribution in [1.82, 2.24) is 0 Å². The van der Waals surface area contributed by atoms with Crippen molar-refractivity contribution in [3.05, 3.63) is 27.7 Å². The third-order valence-corrected chi connectivity index (χ3v) is 3.32. The van der Waals surface area contributed by atoms with E-state index in [1.54, 1.807) is 7.11 Å². The van der Waals surface area contributed by atoms with Crippen LogP contribution in [0, 0.1) is 6.92 Å². The summed E-state index contributed by atoms with van der Waals surface area (Å²) in [6, 6.07) is 4.00. The second kappa shape index (κ2) is 9.59. The summed E-state index contributed by atoms with van der Waals surface area (Å²) in [7, 11) is 1.69. The van der Waals surface area contributed by atoms with Crippen molar-refractivity contribution in [2.75, 3.05) is 33.5 Å². The number of alkyl halides is 1. The number of methoxy groups -OCH3 is 1. The first-order valence-electron chi connectivity index (χ1n) is 6.23. The largest absolute Gasteiger partial charge is 0.491 e. The zero-order valence-corrected chi connectivity index (χ0v) is 13.7. The molecule has 0 aromatic heterocycles. The first kappa shape index (κ1) is 16.8. The smallest absolute Gasteiger partial charge is 0.126 e. The summed E-state index contributed by atoms with van der Waals surface area (Å²) < 4.78 is 17.2. The highest BCUT2D eigenvalue weighted by atomic mass is 79.9. The summed E-state index contributed by atoms with van der Waals surface area (Å²) in [4.78, 5) is 0. The molecule has 19 heavy (non-hydrogen) atoms. The van der Waals surface area contributed by atoms with Gasteiger partial charge in [0.1, 0.15) is 12.4 Å². The van der Waals surface area contributed by atoms with E-state index in [1.807, 2.05) is 19.1 Å². The molecule has 108 valence electrons. The summed E-state index contributed by atoms with van der Waals surface area (Å²) in [5, 5.41) is 0.